The van der Waals surface area contributed by atoms with Crippen LogP contribution in [-0.4, -0.2) is 34.9 Å². The Kier molecular flexibility index (Phi) is 3.80. The quantitative estimate of drug-likeness (QED) is 0.912. The van der Waals surface area contributed by atoms with Crippen LogP contribution in [0.1, 0.15) is 31.0 Å². The maximum absolute atomic E-state index is 13.5. The third-order valence-electron chi connectivity index (χ3n) is 5.33. The van der Waals surface area contributed by atoms with Crippen molar-refractivity contribution in [3.8, 4) is 11.1 Å². The van der Waals surface area contributed by atoms with E-state index in [0.717, 1.165) is 43.1 Å². The SMILES string of the molecule is CN1CC[C@@]2(CC[C@H](c3cc(-c4ccc(F)c(F)c4)ccn3)N2)C1=O. The Hall–Kier alpha value is -2.34. The number of carbonyl (C=O) groups excluding carboxylic acids is 1. The Bertz CT molecular complexity index is 841. The average molecular weight is 343 g/mol. The van der Waals surface area contributed by atoms with Crippen molar-refractivity contribution in [2.45, 2.75) is 30.8 Å². The van der Waals surface area contributed by atoms with Gasteiger partial charge in [0.25, 0.3) is 0 Å². The molecule has 3 heterocycles. The first-order valence-corrected chi connectivity index (χ1v) is 8.43. The number of likely N-dealkylation sites (tertiary alicyclic amines) is 1. The molecule has 0 unspecified atom stereocenters. The molecule has 25 heavy (non-hydrogen) atoms. The number of carbonyl (C=O) groups is 1. The van der Waals surface area contributed by atoms with Gasteiger partial charge in [0.2, 0.25) is 5.91 Å². The zero-order valence-corrected chi connectivity index (χ0v) is 13.9. The lowest BCUT2D eigenvalue weighted by Crippen LogP contribution is -2.47. The summed E-state index contributed by atoms with van der Waals surface area (Å²) in [5, 5.41) is 3.47. The number of halogens is 2. The van der Waals surface area contributed by atoms with E-state index < -0.39 is 17.2 Å². The van der Waals surface area contributed by atoms with Crippen LogP contribution < -0.4 is 5.32 Å². The summed E-state index contributed by atoms with van der Waals surface area (Å²) in [5.74, 6) is -1.58. The largest absolute Gasteiger partial charge is 0.344 e. The summed E-state index contributed by atoms with van der Waals surface area (Å²) in [5.41, 5.74) is 1.73. The van der Waals surface area contributed by atoms with E-state index in [2.05, 4.69) is 10.3 Å². The van der Waals surface area contributed by atoms with Gasteiger partial charge >= 0.3 is 0 Å². The molecule has 0 bridgehead atoms. The van der Waals surface area contributed by atoms with Crippen molar-refractivity contribution >= 4 is 5.91 Å². The Balaban J connectivity index is 1.60. The number of benzene rings is 1. The second-order valence-corrected chi connectivity index (χ2v) is 6.89. The standard InChI is InChI=1S/C19H19F2N3O/c1-24-9-7-19(18(24)25)6-4-16(23-19)17-11-13(5-8-22-17)12-2-3-14(20)15(21)10-12/h2-3,5,8,10-11,16,23H,4,6-7,9H2,1H3/t16-,19+/m1/s1. The van der Waals surface area contributed by atoms with Gasteiger partial charge in [-0.1, -0.05) is 6.07 Å². The van der Waals surface area contributed by atoms with E-state index in [1.807, 2.05) is 13.1 Å². The van der Waals surface area contributed by atoms with Crippen LogP contribution in [-0.2, 0) is 4.79 Å². The van der Waals surface area contributed by atoms with Crippen LogP contribution >= 0.6 is 0 Å². The fourth-order valence-corrected chi connectivity index (χ4v) is 3.88. The Morgan fingerprint density at radius 2 is 1.96 bits per heavy atom. The molecule has 0 aliphatic carbocycles. The summed E-state index contributed by atoms with van der Waals surface area (Å²) in [4.78, 5) is 18.6. The maximum atomic E-state index is 13.5. The summed E-state index contributed by atoms with van der Waals surface area (Å²) >= 11 is 0. The summed E-state index contributed by atoms with van der Waals surface area (Å²) in [6.45, 7) is 0.765. The van der Waals surface area contributed by atoms with E-state index in [1.165, 1.54) is 6.07 Å². The summed E-state index contributed by atoms with van der Waals surface area (Å²) in [6, 6.07) is 7.51. The van der Waals surface area contributed by atoms with Crippen LogP contribution in [0.2, 0.25) is 0 Å². The summed E-state index contributed by atoms with van der Waals surface area (Å²) < 4.78 is 26.6. The molecule has 2 fully saturated rings. The molecule has 2 aliphatic rings. The molecule has 130 valence electrons. The highest BCUT2D eigenvalue weighted by atomic mass is 19.2. The second-order valence-electron chi connectivity index (χ2n) is 6.89. The Labute approximate surface area is 144 Å². The van der Waals surface area contributed by atoms with Gasteiger partial charge in [0, 0.05) is 19.8 Å². The van der Waals surface area contributed by atoms with Crippen LogP contribution in [0.15, 0.2) is 36.5 Å². The van der Waals surface area contributed by atoms with Gasteiger partial charge in [0.05, 0.1) is 11.7 Å². The fourth-order valence-electron chi connectivity index (χ4n) is 3.88. The van der Waals surface area contributed by atoms with E-state index in [1.54, 1.807) is 23.2 Å². The van der Waals surface area contributed by atoms with Gasteiger partial charge in [-0.05, 0) is 54.7 Å². The molecule has 1 aromatic carbocycles. The van der Waals surface area contributed by atoms with Crippen molar-refractivity contribution in [1.82, 2.24) is 15.2 Å². The minimum Gasteiger partial charge on any atom is -0.344 e. The van der Waals surface area contributed by atoms with Crippen LogP contribution in [0.4, 0.5) is 8.78 Å². The molecule has 2 atom stereocenters. The van der Waals surface area contributed by atoms with Gasteiger partial charge in [-0.3, -0.25) is 15.1 Å². The number of hydrogen-bond donors (Lipinski definition) is 1. The number of amides is 1. The Morgan fingerprint density at radius 1 is 1.16 bits per heavy atom. The van der Waals surface area contributed by atoms with E-state index in [4.69, 9.17) is 0 Å². The van der Waals surface area contributed by atoms with E-state index >= 15 is 0 Å². The smallest absolute Gasteiger partial charge is 0.242 e. The lowest BCUT2D eigenvalue weighted by molar-refractivity contribution is -0.131. The van der Waals surface area contributed by atoms with Crippen molar-refractivity contribution in [2.75, 3.05) is 13.6 Å². The van der Waals surface area contributed by atoms with Crippen LogP contribution in [0.5, 0.6) is 0 Å². The predicted octanol–water partition coefficient (Wildman–Crippen LogP) is 3.05. The van der Waals surface area contributed by atoms with E-state index in [0.29, 0.717) is 5.56 Å². The van der Waals surface area contributed by atoms with E-state index in [9.17, 15) is 13.6 Å². The van der Waals surface area contributed by atoms with Gasteiger partial charge in [-0.15, -0.1) is 0 Å². The van der Waals surface area contributed by atoms with Crippen molar-refractivity contribution in [3.05, 3.63) is 53.9 Å². The average Bonchev–Trinajstić information content (AvgIpc) is 3.18. The lowest BCUT2D eigenvalue weighted by atomic mass is 9.96. The summed E-state index contributed by atoms with van der Waals surface area (Å²) in [6.07, 6.45) is 4.09. The van der Waals surface area contributed by atoms with Gasteiger partial charge in [0.1, 0.15) is 5.54 Å². The first-order chi connectivity index (χ1) is 12.0. The molecule has 1 spiro atoms. The topological polar surface area (TPSA) is 45.2 Å². The van der Waals surface area contributed by atoms with Gasteiger partial charge < -0.3 is 4.90 Å². The number of nitrogens with zero attached hydrogens (tertiary/aromatic N) is 2. The number of rotatable bonds is 2. The maximum Gasteiger partial charge on any atom is 0.242 e. The second kappa shape index (κ2) is 5.88. The van der Waals surface area contributed by atoms with Crippen molar-refractivity contribution in [1.29, 1.82) is 0 Å². The molecule has 2 aromatic rings. The van der Waals surface area contributed by atoms with Crippen molar-refractivity contribution < 1.29 is 13.6 Å². The summed E-state index contributed by atoms with van der Waals surface area (Å²) in [7, 11) is 1.83. The first-order valence-electron chi connectivity index (χ1n) is 8.43. The normalized spacial score (nSPS) is 26.0. The van der Waals surface area contributed by atoms with Gasteiger partial charge in [-0.2, -0.15) is 0 Å². The third-order valence-corrected chi connectivity index (χ3v) is 5.33. The first kappa shape index (κ1) is 16.1. The number of pyridine rings is 1. The van der Waals surface area contributed by atoms with Crippen LogP contribution in [0.3, 0.4) is 0 Å². The molecular weight excluding hydrogens is 324 g/mol. The highest BCUT2D eigenvalue weighted by molar-refractivity contribution is 5.88. The lowest BCUT2D eigenvalue weighted by Gasteiger charge is -2.23. The molecule has 6 heteroatoms. The monoisotopic (exact) mass is 343 g/mol. The number of aromatic nitrogens is 1. The molecule has 1 amide bonds. The highest BCUT2D eigenvalue weighted by Gasteiger charge is 2.50. The molecular formula is C19H19F2N3O. The zero-order valence-electron chi connectivity index (χ0n) is 13.9. The number of likely N-dealkylation sites (N-methyl/N-ethyl adjacent to an activating group) is 1. The molecule has 2 saturated heterocycles. The van der Waals surface area contributed by atoms with Crippen molar-refractivity contribution in [3.63, 3.8) is 0 Å². The van der Waals surface area contributed by atoms with Crippen LogP contribution in [0.25, 0.3) is 11.1 Å². The minimum absolute atomic E-state index is 0.0132. The van der Waals surface area contributed by atoms with E-state index in [-0.39, 0.29) is 11.9 Å². The number of nitrogens with one attached hydrogen (secondary N) is 1. The molecule has 0 radical (unpaired) electrons. The van der Waals surface area contributed by atoms with Gasteiger partial charge in [0.15, 0.2) is 11.6 Å². The van der Waals surface area contributed by atoms with Crippen molar-refractivity contribution in [2.24, 2.45) is 0 Å². The molecule has 4 nitrogen and oxygen atoms in total. The molecule has 2 aliphatic heterocycles. The minimum atomic E-state index is -0.867. The fraction of sp³-hybridized carbons (Fsp3) is 0.368. The molecule has 1 aromatic heterocycles. The highest BCUT2D eigenvalue weighted by Crippen LogP contribution is 2.39. The molecule has 4 rings (SSSR count). The third kappa shape index (κ3) is 2.70. The van der Waals surface area contributed by atoms with Gasteiger partial charge in [-0.25, -0.2) is 8.78 Å². The Morgan fingerprint density at radius 3 is 2.68 bits per heavy atom. The predicted molar refractivity (Wildman–Crippen MR) is 89.7 cm³/mol. The number of hydrogen-bond acceptors (Lipinski definition) is 3. The van der Waals surface area contributed by atoms with Crippen LogP contribution in [0, 0.1) is 11.6 Å². The molecule has 0 saturated carbocycles. The zero-order chi connectivity index (χ0) is 17.6. The molecule has 1 N–H and O–H groups in total.